The van der Waals surface area contributed by atoms with Crippen molar-refractivity contribution < 1.29 is 28.6 Å². The van der Waals surface area contributed by atoms with Crippen molar-refractivity contribution in [2.45, 2.75) is 33.3 Å². The van der Waals surface area contributed by atoms with Crippen LogP contribution in [-0.2, 0) is 23.8 Å². The van der Waals surface area contributed by atoms with Gasteiger partial charge >= 0.3 is 12.1 Å². The first-order chi connectivity index (χ1) is 12.2. The fourth-order valence-corrected chi connectivity index (χ4v) is 2.59. The lowest BCUT2D eigenvalue weighted by molar-refractivity contribution is -0.151. The number of ketones is 1. The van der Waals surface area contributed by atoms with Gasteiger partial charge in [-0.3, -0.25) is 9.69 Å². The largest absolute Gasteiger partial charge is 0.496 e. The zero-order valence-electron chi connectivity index (χ0n) is 15.6. The molecule has 1 aliphatic heterocycles. The SMILES string of the molecule is CCOC(=O)C(=O)C1=C(OC)c2ccccc2N(C(=O)OC(C)(C)C)C1. The van der Waals surface area contributed by atoms with E-state index in [1.54, 1.807) is 52.0 Å². The Morgan fingerprint density at radius 2 is 1.81 bits per heavy atom. The summed E-state index contributed by atoms with van der Waals surface area (Å²) in [6.45, 7) is 6.80. The minimum Gasteiger partial charge on any atom is -0.496 e. The molecule has 26 heavy (non-hydrogen) atoms. The lowest BCUT2D eigenvalue weighted by atomic mass is 9.97. The Hall–Kier alpha value is -2.83. The van der Waals surface area contributed by atoms with Crippen molar-refractivity contribution in [3.8, 4) is 0 Å². The van der Waals surface area contributed by atoms with Crippen LogP contribution in [0.1, 0.15) is 33.3 Å². The van der Waals surface area contributed by atoms with E-state index in [1.165, 1.54) is 12.0 Å². The van der Waals surface area contributed by atoms with Gasteiger partial charge in [0.2, 0.25) is 0 Å². The van der Waals surface area contributed by atoms with Crippen LogP contribution in [0.5, 0.6) is 0 Å². The molecule has 0 unspecified atom stereocenters. The van der Waals surface area contributed by atoms with Gasteiger partial charge in [-0.15, -0.1) is 0 Å². The summed E-state index contributed by atoms with van der Waals surface area (Å²) in [6.07, 6.45) is -0.616. The number of esters is 1. The number of rotatable bonds is 4. The highest BCUT2D eigenvalue weighted by molar-refractivity contribution is 6.42. The molecule has 0 aromatic heterocycles. The maximum absolute atomic E-state index is 12.6. The number of carbonyl (C=O) groups excluding carboxylic acids is 3. The molecule has 0 atom stereocenters. The number of Topliss-reactive ketones (excluding diaryl/α,β-unsaturated/α-hetero) is 1. The number of anilines is 1. The summed E-state index contributed by atoms with van der Waals surface area (Å²) in [5, 5.41) is 0. The van der Waals surface area contributed by atoms with Crippen LogP contribution in [0.2, 0.25) is 0 Å². The zero-order chi connectivity index (χ0) is 19.5. The van der Waals surface area contributed by atoms with Crippen molar-refractivity contribution in [1.82, 2.24) is 0 Å². The number of carbonyl (C=O) groups is 3. The first kappa shape index (κ1) is 19.5. The molecular weight excluding hydrogens is 338 g/mol. The van der Waals surface area contributed by atoms with E-state index in [9.17, 15) is 14.4 Å². The Kier molecular flexibility index (Phi) is 5.69. The fourth-order valence-electron chi connectivity index (χ4n) is 2.59. The number of hydrogen-bond donors (Lipinski definition) is 0. The molecule has 1 aromatic carbocycles. The highest BCUT2D eigenvalue weighted by atomic mass is 16.6. The smallest absolute Gasteiger partial charge is 0.415 e. The molecule has 2 rings (SSSR count). The van der Waals surface area contributed by atoms with Gasteiger partial charge in [0.15, 0.2) is 0 Å². The van der Waals surface area contributed by atoms with Gasteiger partial charge in [-0.2, -0.15) is 0 Å². The Balaban J connectivity index is 2.51. The number of para-hydroxylation sites is 1. The van der Waals surface area contributed by atoms with Crippen LogP contribution in [0.15, 0.2) is 29.8 Å². The summed E-state index contributed by atoms with van der Waals surface area (Å²) in [5.74, 6) is -1.58. The Morgan fingerprint density at radius 1 is 1.15 bits per heavy atom. The number of hydrogen-bond acceptors (Lipinski definition) is 6. The molecular formula is C19H23NO6. The van der Waals surface area contributed by atoms with Crippen LogP contribution in [0.25, 0.3) is 5.76 Å². The van der Waals surface area contributed by atoms with E-state index in [2.05, 4.69) is 0 Å². The first-order valence-electron chi connectivity index (χ1n) is 8.28. The van der Waals surface area contributed by atoms with Crippen LogP contribution in [0, 0.1) is 0 Å². The zero-order valence-corrected chi connectivity index (χ0v) is 15.6. The van der Waals surface area contributed by atoms with Gasteiger partial charge in [-0.1, -0.05) is 12.1 Å². The van der Waals surface area contributed by atoms with Crippen molar-refractivity contribution >= 4 is 29.3 Å². The highest BCUT2D eigenvalue weighted by Crippen LogP contribution is 2.36. The van der Waals surface area contributed by atoms with Gasteiger partial charge in [-0.25, -0.2) is 9.59 Å². The van der Waals surface area contributed by atoms with Crippen molar-refractivity contribution in [2.75, 3.05) is 25.2 Å². The van der Waals surface area contributed by atoms with Gasteiger partial charge in [0.25, 0.3) is 5.78 Å². The van der Waals surface area contributed by atoms with E-state index in [0.717, 1.165) is 0 Å². The maximum atomic E-state index is 12.6. The molecule has 0 bridgehead atoms. The van der Waals surface area contributed by atoms with E-state index in [1.807, 2.05) is 0 Å². The third kappa shape index (κ3) is 4.04. The summed E-state index contributed by atoms with van der Waals surface area (Å²) < 4.78 is 15.6. The van der Waals surface area contributed by atoms with Gasteiger partial charge in [-0.05, 0) is 39.8 Å². The minimum absolute atomic E-state index is 0.0514. The molecule has 7 nitrogen and oxygen atoms in total. The van der Waals surface area contributed by atoms with E-state index >= 15 is 0 Å². The Morgan fingerprint density at radius 3 is 2.38 bits per heavy atom. The van der Waals surface area contributed by atoms with Crippen LogP contribution < -0.4 is 4.90 Å². The predicted molar refractivity (Wildman–Crippen MR) is 95.6 cm³/mol. The van der Waals surface area contributed by atoms with Crippen molar-refractivity contribution in [1.29, 1.82) is 0 Å². The number of methoxy groups -OCH3 is 1. The lowest BCUT2D eigenvalue weighted by Crippen LogP contribution is -2.42. The van der Waals surface area contributed by atoms with Crippen LogP contribution in [0.4, 0.5) is 10.5 Å². The van der Waals surface area contributed by atoms with Crippen LogP contribution in [-0.4, -0.2) is 43.7 Å². The summed E-state index contributed by atoms with van der Waals surface area (Å²) in [4.78, 5) is 38.4. The number of nitrogens with zero attached hydrogens (tertiary/aromatic N) is 1. The highest BCUT2D eigenvalue weighted by Gasteiger charge is 2.36. The molecule has 0 saturated heterocycles. The van der Waals surface area contributed by atoms with E-state index in [0.29, 0.717) is 11.3 Å². The van der Waals surface area contributed by atoms with Gasteiger partial charge in [0.05, 0.1) is 31.5 Å². The van der Waals surface area contributed by atoms with Gasteiger partial charge < -0.3 is 14.2 Å². The van der Waals surface area contributed by atoms with Gasteiger partial charge in [0, 0.05) is 5.56 Å². The number of benzene rings is 1. The molecule has 1 heterocycles. The summed E-state index contributed by atoms with van der Waals surface area (Å²) >= 11 is 0. The normalized spacial score (nSPS) is 13.8. The van der Waals surface area contributed by atoms with Crippen LogP contribution >= 0.6 is 0 Å². The average molecular weight is 361 g/mol. The second-order valence-corrected chi connectivity index (χ2v) is 6.65. The molecule has 0 fully saturated rings. The van der Waals surface area contributed by atoms with E-state index in [-0.39, 0.29) is 24.5 Å². The molecule has 140 valence electrons. The molecule has 7 heteroatoms. The number of ether oxygens (including phenoxy) is 3. The Bertz CT molecular complexity index is 760. The number of fused-ring (bicyclic) bond motifs is 1. The van der Waals surface area contributed by atoms with Crippen molar-refractivity contribution in [3.05, 3.63) is 35.4 Å². The third-order valence-corrected chi connectivity index (χ3v) is 3.58. The van der Waals surface area contributed by atoms with E-state index < -0.39 is 23.4 Å². The second-order valence-electron chi connectivity index (χ2n) is 6.65. The van der Waals surface area contributed by atoms with Crippen molar-refractivity contribution in [3.63, 3.8) is 0 Å². The third-order valence-electron chi connectivity index (χ3n) is 3.58. The quantitative estimate of drug-likeness (QED) is 0.606. The van der Waals surface area contributed by atoms with Crippen molar-refractivity contribution in [2.24, 2.45) is 0 Å². The summed E-state index contributed by atoms with van der Waals surface area (Å²) in [5.41, 5.74) is 0.414. The van der Waals surface area contributed by atoms with Gasteiger partial charge in [0.1, 0.15) is 11.4 Å². The fraction of sp³-hybridized carbons (Fsp3) is 0.421. The molecule has 0 radical (unpaired) electrons. The van der Waals surface area contributed by atoms with E-state index in [4.69, 9.17) is 14.2 Å². The monoisotopic (exact) mass is 361 g/mol. The molecule has 0 aliphatic carbocycles. The molecule has 1 aromatic rings. The lowest BCUT2D eigenvalue weighted by Gasteiger charge is -2.33. The second kappa shape index (κ2) is 7.59. The maximum Gasteiger partial charge on any atom is 0.415 e. The molecule has 0 spiro atoms. The predicted octanol–water partition coefficient (Wildman–Crippen LogP) is 2.93. The Labute approximate surface area is 152 Å². The number of amides is 1. The minimum atomic E-state index is -0.986. The summed E-state index contributed by atoms with van der Waals surface area (Å²) in [6, 6.07) is 6.96. The molecule has 1 aliphatic rings. The molecule has 0 saturated carbocycles. The average Bonchev–Trinajstić information content (AvgIpc) is 2.58. The van der Waals surface area contributed by atoms with Crippen LogP contribution in [0.3, 0.4) is 0 Å². The first-order valence-corrected chi connectivity index (χ1v) is 8.28. The topological polar surface area (TPSA) is 82.1 Å². The summed E-state index contributed by atoms with van der Waals surface area (Å²) in [7, 11) is 1.41. The standard InChI is InChI=1S/C19H23NO6/c1-6-25-17(22)15(21)13-11-20(18(23)26-19(2,3)4)14-10-8-7-9-12(14)16(13)24-5/h7-10H,6,11H2,1-5H3. The molecule has 0 N–H and O–H groups in total. The molecule has 1 amide bonds.